The van der Waals surface area contributed by atoms with Gasteiger partial charge in [0.15, 0.2) is 0 Å². The Morgan fingerprint density at radius 1 is 1.38 bits per heavy atom. The molecule has 1 fully saturated rings. The molecule has 5 nitrogen and oxygen atoms in total. The van der Waals surface area contributed by atoms with Gasteiger partial charge >= 0.3 is 0 Å². The molecule has 0 unspecified atom stereocenters. The van der Waals surface area contributed by atoms with Crippen LogP contribution in [0.4, 0.5) is 11.6 Å². The van der Waals surface area contributed by atoms with Crippen LogP contribution in [0.1, 0.15) is 12.8 Å². The number of piperidine rings is 1. The first-order chi connectivity index (χ1) is 7.81. The zero-order chi connectivity index (χ0) is 11.4. The summed E-state index contributed by atoms with van der Waals surface area (Å²) in [5.41, 5.74) is 0. The van der Waals surface area contributed by atoms with Gasteiger partial charge in [-0.1, -0.05) is 0 Å². The van der Waals surface area contributed by atoms with Crippen LogP contribution in [0.5, 0.6) is 0 Å². The van der Waals surface area contributed by atoms with Crippen molar-refractivity contribution in [2.24, 2.45) is 0 Å². The molecule has 1 aliphatic heterocycles. The predicted octanol–water partition coefficient (Wildman–Crippen LogP) is 0.706. The smallest absolute Gasteiger partial charge is 0.134 e. The molecule has 0 amide bonds. The second kappa shape index (κ2) is 5.12. The van der Waals surface area contributed by atoms with E-state index in [0.29, 0.717) is 6.04 Å². The van der Waals surface area contributed by atoms with Crippen molar-refractivity contribution >= 4 is 11.6 Å². The Balaban J connectivity index is 2.09. The first-order valence-corrected chi connectivity index (χ1v) is 5.74. The SMILES string of the molecule is CNc1cc(N(C)C2CCNCC2)ncn1. The first-order valence-electron chi connectivity index (χ1n) is 5.74. The maximum Gasteiger partial charge on any atom is 0.134 e. The average Bonchev–Trinajstić information content (AvgIpc) is 2.39. The lowest BCUT2D eigenvalue weighted by Gasteiger charge is -2.32. The molecule has 0 atom stereocenters. The number of aromatic nitrogens is 2. The number of hydrogen-bond acceptors (Lipinski definition) is 5. The highest BCUT2D eigenvalue weighted by molar-refractivity contribution is 5.48. The second-order valence-corrected chi connectivity index (χ2v) is 4.10. The van der Waals surface area contributed by atoms with Gasteiger partial charge in [-0.25, -0.2) is 9.97 Å². The minimum absolute atomic E-state index is 0.584. The maximum absolute atomic E-state index is 4.32. The van der Waals surface area contributed by atoms with Crippen LogP contribution < -0.4 is 15.5 Å². The topological polar surface area (TPSA) is 53.1 Å². The summed E-state index contributed by atoms with van der Waals surface area (Å²) < 4.78 is 0. The van der Waals surface area contributed by atoms with Crippen LogP contribution in [-0.4, -0.2) is 43.2 Å². The second-order valence-electron chi connectivity index (χ2n) is 4.10. The van der Waals surface area contributed by atoms with E-state index in [9.17, 15) is 0 Å². The molecule has 16 heavy (non-hydrogen) atoms. The Bertz CT molecular complexity index is 335. The number of nitrogens with one attached hydrogen (secondary N) is 2. The van der Waals surface area contributed by atoms with E-state index < -0.39 is 0 Å². The van der Waals surface area contributed by atoms with Gasteiger partial charge in [-0.3, -0.25) is 0 Å². The molecule has 0 radical (unpaired) electrons. The van der Waals surface area contributed by atoms with Crippen molar-refractivity contribution in [1.82, 2.24) is 15.3 Å². The van der Waals surface area contributed by atoms with Crippen molar-refractivity contribution < 1.29 is 0 Å². The Morgan fingerprint density at radius 3 is 2.81 bits per heavy atom. The average molecular weight is 221 g/mol. The van der Waals surface area contributed by atoms with E-state index in [4.69, 9.17) is 0 Å². The molecule has 2 rings (SSSR count). The molecular weight excluding hydrogens is 202 g/mol. The summed E-state index contributed by atoms with van der Waals surface area (Å²) in [5.74, 6) is 1.86. The lowest BCUT2D eigenvalue weighted by atomic mass is 10.1. The summed E-state index contributed by atoms with van der Waals surface area (Å²) >= 11 is 0. The zero-order valence-corrected chi connectivity index (χ0v) is 9.90. The van der Waals surface area contributed by atoms with Crippen LogP contribution in [0.2, 0.25) is 0 Å². The van der Waals surface area contributed by atoms with Crippen molar-refractivity contribution in [2.75, 3.05) is 37.4 Å². The largest absolute Gasteiger partial charge is 0.373 e. The van der Waals surface area contributed by atoms with Crippen LogP contribution in [0.15, 0.2) is 12.4 Å². The summed E-state index contributed by atoms with van der Waals surface area (Å²) in [5, 5.41) is 6.41. The third-order valence-electron chi connectivity index (χ3n) is 3.13. The highest BCUT2D eigenvalue weighted by atomic mass is 15.2. The molecule has 1 aliphatic rings. The third kappa shape index (κ3) is 2.41. The molecular formula is C11H19N5. The summed E-state index contributed by atoms with van der Waals surface area (Å²) in [6, 6.07) is 2.57. The van der Waals surface area contributed by atoms with Crippen molar-refractivity contribution in [3.8, 4) is 0 Å². The fourth-order valence-corrected chi connectivity index (χ4v) is 2.06. The van der Waals surface area contributed by atoms with Crippen molar-refractivity contribution in [2.45, 2.75) is 18.9 Å². The summed E-state index contributed by atoms with van der Waals surface area (Å²) in [4.78, 5) is 10.7. The highest BCUT2D eigenvalue weighted by Gasteiger charge is 2.18. The Morgan fingerprint density at radius 2 is 2.12 bits per heavy atom. The van der Waals surface area contributed by atoms with Crippen LogP contribution in [0.25, 0.3) is 0 Å². The molecule has 2 heterocycles. The van der Waals surface area contributed by atoms with Crippen molar-refractivity contribution in [3.63, 3.8) is 0 Å². The number of rotatable bonds is 3. The lowest BCUT2D eigenvalue weighted by Crippen LogP contribution is -2.41. The van der Waals surface area contributed by atoms with Crippen LogP contribution in [0, 0.1) is 0 Å². The van der Waals surface area contributed by atoms with E-state index >= 15 is 0 Å². The molecule has 0 aromatic carbocycles. The van der Waals surface area contributed by atoms with Gasteiger partial charge in [0.1, 0.15) is 18.0 Å². The summed E-state index contributed by atoms with van der Waals surface area (Å²) in [7, 11) is 3.98. The molecule has 0 aliphatic carbocycles. The molecule has 0 spiro atoms. The zero-order valence-electron chi connectivity index (χ0n) is 9.90. The maximum atomic E-state index is 4.32. The minimum Gasteiger partial charge on any atom is -0.373 e. The van der Waals surface area contributed by atoms with E-state index in [2.05, 4.69) is 32.5 Å². The molecule has 1 saturated heterocycles. The fourth-order valence-electron chi connectivity index (χ4n) is 2.06. The minimum atomic E-state index is 0.584. The first kappa shape index (κ1) is 11.1. The predicted molar refractivity (Wildman–Crippen MR) is 65.9 cm³/mol. The molecule has 5 heteroatoms. The number of nitrogens with zero attached hydrogens (tertiary/aromatic N) is 3. The Labute approximate surface area is 96.3 Å². The summed E-state index contributed by atoms with van der Waals surface area (Å²) in [6.45, 7) is 2.19. The van der Waals surface area contributed by atoms with Gasteiger partial charge in [-0.2, -0.15) is 0 Å². The van der Waals surface area contributed by atoms with Crippen molar-refractivity contribution in [3.05, 3.63) is 12.4 Å². The molecule has 0 saturated carbocycles. The van der Waals surface area contributed by atoms with Gasteiger partial charge in [0.2, 0.25) is 0 Å². The molecule has 2 N–H and O–H groups in total. The van der Waals surface area contributed by atoms with E-state index in [1.807, 2.05) is 13.1 Å². The standard InChI is InChI=1S/C11H19N5/c1-12-10-7-11(15-8-14-10)16(2)9-3-5-13-6-4-9/h7-9,13H,3-6H2,1-2H3,(H,12,14,15). The molecule has 1 aromatic heterocycles. The molecule has 1 aromatic rings. The lowest BCUT2D eigenvalue weighted by molar-refractivity contribution is 0.441. The van der Waals surface area contributed by atoms with Gasteiger partial charge < -0.3 is 15.5 Å². The fraction of sp³-hybridized carbons (Fsp3) is 0.636. The van der Waals surface area contributed by atoms with E-state index in [-0.39, 0.29) is 0 Å². The monoisotopic (exact) mass is 221 g/mol. The number of anilines is 2. The summed E-state index contributed by atoms with van der Waals surface area (Å²) in [6.07, 6.45) is 3.96. The normalized spacial score (nSPS) is 17.1. The Kier molecular flexibility index (Phi) is 3.56. The number of hydrogen-bond donors (Lipinski definition) is 2. The van der Waals surface area contributed by atoms with Gasteiger partial charge in [0, 0.05) is 26.2 Å². The van der Waals surface area contributed by atoms with Gasteiger partial charge in [-0.05, 0) is 25.9 Å². The van der Waals surface area contributed by atoms with Gasteiger partial charge in [-0.15, -0.1) is 0 Å². The van der Waals surface area contributed by atoms with E-state index in [1.165, 1.54) is 12.8 Å². The van der Waals surface area contributed by atoms with E-state index in [1.54, 1.807) is 6.33 Å². The van der Waals surface area contributed by atoms with Crippen LogP contribution in [-0.2, 0) is 0 Å². The quantitative estimate of drug-likeness (QED) is 0.787. The molecule has 0 bridgehead atoms. The van der Waals surface area contributed by atoms with Crippen molar-refractivity contribution in [1.29, 1.82) is 0 Å². The van der Waals surface area contributed by atoms with Crippen LogP contribution >= 0.6 is 0 Å². The van der Waals surface area contributed by atoms with Gasteiger partial charge in [0.25, 0.3) is 0 Å². The van der Waals surface area contributed by atoms with Crippen LogP contribution in [0.3, 0.4) is 0 Å². The Hall–Kier alpha value is -1.36. The highest BCUT2D eigenvalue weighted by Crippen LogP contribution is 2.18. The van der Waals surface area contributed by atoms with E-state index in [0.717, 1.165) is 24.7 Å². The third-order valence-corrected chi connectivity index (χ3v) is 3.13. The van der Waals surface area contributed by atoms with Gasteiger partial charge in [0.05, 0.1) is 0 Å². The molecule has 88 valence electrons.